The first kappa shape index (κ1) is 27.4. The number of anilines is 1. The van der Waals surface area contributed by atoms with Crippen molar-refractivity contribution in [2.75, 3.05) is 25.0 Å². The molecule has 4 heterocycles. The van der Waals surface area contributed by atoms with Gasteiger partial charge in [0.05, 0.1) is 22.7 Å². The fourth-order valence-corrected chi connectivity index (χ4v) is 6.50. The van der Waals surface area contributed by atoms with Gasteiger partial charge in [-0.1, -0.05) is 29.8 Å². The van der Waals surface area contributed by atoms with Crippen molar-refractivity contribution >= 4 is 46.0 Å². The molecular formula is C28H28ClF3N6O3. The first-order valence-electron chi connectivity index (χ1n) is 13.5. The molecule has 9 nitrogen and oxygen atoms in total. The molecule has 0 spiro atoms. The third-order valence-electron chi connectivity index (χ3n) is 8.28. The van der Waals surface area contributed by atoms with Gasteiger partial charge in [0.2, 0.25) is 11.8 Å². The number of fused-ring (bicyclic) bond motifs is 4. The van der Waals surface area contributed by atoms with E-state index in [1.54, 1.807) is 15.9 Å². The molecule has 0 saturated carbocycles. The van der Waals surface area contributed by atoms with Gasteiger partial charge in [0.25, 0.3) is 0 Å². The van der Waals surface area contributed by atoms with Gasteiger partial charge in [-0.05, 0) is 48.1 Å². The fraction of sp³-hybridized carbons (Fsp3) is 0.429. The summed E-state index contributed by atoms with van der Waals surface area (Å²) in [5.41, 5.74) is 3.50. The Bertz CT molecular complexity index is 1520. The van der Waals surface area contributed by atoms with Gasteiger partial charge in [-0.25, -0.2) is 4.79 Å². The molecule has 0 bridgehead atoms. The summed E-state index contributed by atoms with van der Waals surface area (Å²) in [6.45, 7) is -0.402. The fourth-order valence-electron chi connectivity index (χ4n) is 6.22. The monoisotopic (exact) mass is 588 g/mol. The van der Waals surface area contributed by atoms with Gasteiger partial charge >= 0.3 is 12.2 Å². The van der Waals surface area contributed by atoms with Crippen LogP contribution in [-0.4, -0.2) is 74.6 Å². The van der Waals surface area contributed by atoms with Gasteiger partial charge < -0.3 is 20.0 Å². The topological polar surface area (TPSA) is 102 Å². The molecule has 1 unspecified atom stereocenters. The van der Waals surface area contributed by atoms with E-state index in [4.69, 9.17) is 11.6 Å². The van der Waals surface area contributed by atoms with Crippen LogP contribution in [0, 0.1) is 5.92 Å². The number of rotatable bonds is 4. The highest BCUT2D eigenvalue weighted by Crippen LogP contribution is 2.35. The van der Waals surface area contributed by atoms with Crippen molar-refractivity contribution in [3.8, 4) is 0 Å². The van der Waals surface area contributed by atoms with Gasteiger partial charge in [-0.3, -0.25) is 14.7 Å². The standard InChI is InChI=1S/C28H28ClF3N6O3/c29-22-10-17-9-18(26(40)37(15-28(30,31)32)14-21(17)20-12-33-35-25(20)22)11-24(39)36-7-5-19(6-8-36)38-13-16-3-1-2-4-23(16)34-27(38)41/h1-4,10,12,18-19H,5-9,11,13-15H2,(H,33,35)(H,34,41). The van der Waals surface area contributed by atoms with Crippen LogP contribution in [0.3, 0.4) is 0 Å². The number of nitrogens with one attached hydrogen (secondary N) is 2. The molecule has 2 aromatic carbocycles. The van der Waals surface area contributed by atoms with Crippen LogP contribution in [0.1, 0.15) is 36.0 Å². The van der Waals surface area contributed by atoms with Crippen LogP contribution in [0.25, 0.3) is 10.9 Å². The highest BCUT2D eigenvalue weighted by Gasteiger charge is 2.40. The van der Waals surface area contributed by atoms with Crippen LogP contribution in [0.5, 0.6) is 0 Å². The molecule has 6 rings (SSSR count). The smallest absolute Gasteiger partial charge is 0.343 e. The van der Waals surface area contributed by atoms with Gasteiger partial charge in [-0.15, -0.1) is 0 Å². The van der Waals surface area contributed by atoms with E-state index in [0.29, 0.717) is 59.5 Å². The molecule has 13 heteroatoms. The Morgan fingerprint density at radius 1 is 1.10 bits per heavy atom. The minimum Gasteiger partial charge on any atom is -0.343 e. The minimum atomic E-state index is -4.60. The number of nitrogens with zero attached hydrogens (tertiary/aromatic N) is 4. The zero-order valence-corrected chi connectivity index (χ0v) is 22.8. The predicted molar refractivity (Wildman–Crippen MR) is 145 cm³/mol. The summed E-state index contributed by atoms with van der Waals surface area (Å²) in [5.74, 6) is -1.96. The lowest BCUT2D eigenvalue weighted by molar-refractivity contribution is -0.165. The second-order valence-corrected chi connectivity index (χ2v) is 11.3. The SMILES string of the molecule is O=C(CC1Cc2cc(Cl)c3[nH]ncc3c2CN(CC(F)(F)F)C1=O)N1CCC(N2Cc3ccccc3NC2=O)CC1. The Hall–Kier alpha value is -3.80. The number of halogens is 4. The van der Waals surface area contributed by atoms with Crippen LogP contribution in [-0.2, 0) is 29.1 Å². The van der Waals surface area contributed by atoms with E-state index in [9.17, 15) is 27.6 Å². The van der Waals surface area contributed by atoms with E-state index in [1.165, 1.54) is 6.20 Å². The van der Waals surface area contributed by atoms with Crippen LogP contribution in [0.4, 0.5) is 23.7 Å². The van der Waals surface area contributed by atoms with E-state index >= 15 is 0 Å². The number of hydrogen-bond donors (Lipinski definition) is 2. The van der Waals surface area contributed by atoms with Crippen molar-refractivity contribution in [3.05, 3.63) is 58.2 Å². The molecule has 41 heavy (non-hydrogen) atoms. The molecule has 0 radical (unpaired) electrons. The lowest BCUT2D eigenvalue weighted by Gasteiger charge is -2.40. The summed E-state index contributed by atoms with van der Waals surface area (Å²) in [4.78, 5) is 43.7. The van der Waals surface area contributed by atoms with Crippen molar-refractivity contribution in [2.24, 2.45) is 5.92 Å². The third-order valence-corrected chi connectivity index (χ3v) is 8.58. The molecule has 3 aromatic rings. The molecule has 1 atom stereocenters. The first-order valence-corrected chi connectivity index (χ1v) is 13.9. The average molecular weight is 589 g/mol. The van der Waals surface area contributed by atoms with E-state index in [0.717, 1.165) is 16.2 Å². The summed E-state index contributed by atoms with van der Waals surface area (Å²) in [7, 11) is 0. The highest BCUT2D eigenvalue weighted by atomic mass is 35.5. The molecule has 3 aliphatic heterocycles. The number of para-hydroxylation sites is 1. The zero-order chi connectivity index (χ0) is 28.9. The number of aromatic amines is 1. The number of urea groups is 1. The first-order chi connectivity index (χ1) is 19.6. The van der Waals surface area contributed by atoms with Gasteiger partial charge in [0, 0.05) is 49.7 Å². The molecule has 1 aromatic heterocycles. The van der Waals surface area contributed by atoms with Crippen LogP contribution in [0.2, 0.25) is 5.02 Å². The Morgan fingerprint density at radius 3 is 2.61 bits per heavy atom. The molecule has 3 aliphatic rings. The lowest BCUT2D eigenvalue weighted by atomic mass is 9.92. The maximum Gasteiger partial charge on any atom is 0.406 e. The van der Waals surface area contributed by atoms with Gasteiger partial charge in [-0.2, -0.15) is 18.3 Å². The number of carbonyl (C=O) groups is 3. The van der Waals surface area contributed by atoms with E-state index in [1.807, 2.05) is 24.3 Å². The summed E-state index contributed by atoms with van der Waals surface area (Å²) in [5, 5.41) is 10.6. The molecule has 1 fully saturated rings. The third kappa shape index (κ3) is 5.44. The average Bonchev–Trinajstić information content (AvgIpc) is 3.39. The van der Waals surface area contributed by atoms with Gasteiger partial charge in [0.1, 0.15) is 6.54 Å². The normalized spacial score (nSPS) is 20.1. The molecule has 2 N–H and O–H groups in total. The number of carbonyl (C=O) groups excluding carboxylic acids is 3. The quantitative estimate of drug-likeness (QED) is 0.461. The number of H-pyrrole nitrogens is 1. The number of aromatic nitrogens is 2. The lowest BCUT2D eigenvalue weighted by Crippen LogP contribution is -2.51. The Morgan fingerprint density at radius 2 is 1.85 bits per heavy atom. The Labute approximate surface area is 238 Å². The second-order valence-electron chi connectivity index (χ2n) is 10.9. The molecule has 216 valence electrons. The molecule has 0 aliphatic carbocycles. The van der Waals surface area contributed by atoms with Gasteiger partial charge in [0.15, 0.2) is 0 Å². The molecular weight excluding hydrogens is 561 g/mol. The number of hydrogen-bond acceptors (Lipinski definition) is 4. The van der Waals surface area contributed by atoms with Crippen molar-refractivity contribution in [1.82, 2.24) is 24.9 Å². The highest BCUT2D eigenvalue weighted by molar-refractivity contribution is 6.35. The van der Waals surface area contributed by atoms with E-state index < -0.39 is 24.5 Å². The minimum absolute atomic E-state index is 0.0550. The Balaban J connectivity index is 1.16. The number of amides is 4. The maximum atomic E-state index is 13.5. The van der Waals surface area contributed by atoms with E-state index in [-0.39, 0.29) is 37.4 Å². The van der Waals surface area contributed by atoms with Crippen LogP contribution in [0.15, 0.2) is 36.5 Å². The number of piperidine rings is 1. The summed E-state index contributed by atoms with van der Waals surface area (Å²) < 4.78 is 40.4. The van der Waals surface area contributed by atoms with E-state index in [2.05, 4.69) is 15.5 Å². The summed E-state index contributed by atoms with van der Waals surface area (Å²) in [6.07, 6.45) is -2.09. The maximum absolute atomic E-state index is 13.5. The molecule has 1 saturated heterocycles. The zero-order valence-electron chi connectivity index (χ0n) is 22.0. The van der Waals surface area contributed by atoms with Crippen LogP contribution < -0.4 is 5.32 Å². The van der Waals surface area contributed by atoms with Crippen LogP contribution >= 0.6 is 11.6 Å². The molecule has 4 amide bonds. The summed E-state index contributed by atoms with van der Waals surface area (Å²) >= 11 is 6.40. The van der Waals surface area contributed by atoms with Crippen molar-refractivity contribution in [3.63, 3.8) is 0 Å². The Kier molecular flexibility index (Phi) is 7.04. The summed E-state index contributed by atoms with van der Waals surface area (Å²) in [6, 6.07) is 9.03. The number of benzene rings is 2. The van der Waals surface area contributed by atoms with Crippen molar-refractivity contribution in [1.29, 1.82) is 0 Å². The van der Waals surface area contributed by atoms with Crippen molar-refractivity contribution in [2.45, 2.75) is 51.0 Å². The number of likely N-dealkylation sites (tertiary alicyclic amines) is 1. The largest absolute Gasteiger partial charge is 0.406 e. The second kappa shape index (κ2) is 10.6. The number of alkyl halides is 3. The predicted octanol–water partition coefficient (Wildman–Crippen LogP) is 4.71. The van der Waals surface area contributed by atoms with Crippen molar-refractivity contribution < 1.29 is 27.6 Å².